The van der Waals surface area contributed by atoms with Crippen molar-refractivity contribution < 1.29 is 18.0 Å². The van der Waals surface area contributed by atoms with Crippen molar-refractivity contribution in [3.63, 3.8) is 0 Å². The van der Waals surface area contributed by atoms with E-state index in [0.29, 0.717) is 17.0 Å². The van der Waals surface area contributed by atoms with Gasteiger partial charge in [0.1, 0.15) is 0 Å². The molecule has 102 valence electrons. The Morgan fingerprint density at radius 1 is 1.37 bits per heavy atom. The summed E-state index contributed by atoms with van der Waals surface area (Å²) in [6.07, 6.45) is 0. The van der Waals surface area contributed by atoms with Crippen molar-refractivity contribution in [2.75, 3.05) is 0 Å². The zero-order valence-electron chi connectivity index (χ0n) is 10.3. The molecule has 1 heterocycles. The van der Waals surface area contributed by atoms with Gasteiger partial charge in [-0.15, -0.1) is 0 Å². The number of aryl methyl sites for hydroxylation is 1. The molecule has 1 aromatic carbocycles. The minimum absolute atomic E-state index is 0.0343. The van der Waals surface area contributed by atoms with Crippen LogP contribution >= 0.6 is 0 Å². The van der Waals surface area contributed by atoms with Crippen LogP contribution in [0, 0.1) is 6.92 Å². The second-order valence-electron chi connectivity index (χ2n) is 4.06. The number of nitrogens with one attached hydrogen (secondary N) is 1. The lowest BCUT2D eigenvalue weighted by Gasteiger charge is -2.06. The molecule has 0 bridgehead atoms. The zero-order chi connectivity index (χ0) is 13.9. The summed E-state index contributed by atoms with van der Waals surface area (Å²) in [6.45, 7) is 1.59. The molecule has 19 heavy (non-hydrogen) atoms. The van der Waals surface area contributed by atoms with Gasteiger partial charge >= 0.3 is 0 Å². The summed E-state index contributed by atoms with van der Waals surface area (Å²) >= 11 is 0. The molecule has 0 aliphatic heterocycles. The Hall–Kier alpha value is -1.70. The average molecular weight is 282 g/mol. The van der Waals surface area contributed by atoms with Gasteiger partial charge in [0.2, 0.25) is 10.0 Å². The first-order valence-electron chi connectivity index (χ1n) is 5.63. The summed E-state index contributed by atoms with van der Waals surface area (Å²) in [6, 6.07) is 7.78. The van der Waals surface area contributed by atoms with Gasteiger partial charge in [-0.1, -0.05) is 17.3 Å². The van der Waals surface area contributed by atoms with Crippen LogP contribution < -0.4 is 4.72 Å². The molecule has 7 heteroatoms. The number of hydrogen-bond acceptors (Lipinski definition) is 5. The first-order valence-corrected chi connectivity index (χ1v) is 7.11. The third-order valence-corrected chi connectivity index (χ3v) is 3.90. The predicted molar refractivity (Wildman–Crippen MR) is 67.6 cm³/mol. The van der Waals surface area contributed by atoms with Crippen LogP contribution in [0.15, 0.2) is 39.8 Å². The number of aliphatic hydroxyl groups is 1. The molecule has 6 nitrogen and oxygen atoms in total. The maximum atomic E-state index is 12.0. The number of aliphatic hydroxyl groups excluding tert-OH is 1. The SMILES string of the molecule is Cc1cc(CNS(=O)(=O)c2cccc(CO)c2)on1. The monoisotopic (exact) mass is 282 g/mol. The van der Waals surface area contributed by atoms with E-state index in [4.69, 9.17) is 9.63 Å². The van der Waals surface area contributed by atoms with Gasteiger partial charge in [0.05, 0.1) is 23.7 Å². The molecule has 0 aliphatic rings. The second-order valence-corrected chi connectivity index (χ2v) is 5.83. The highest BCUT2D eigenvalue weighted by atomic mass is 32.2. The standard InChI is InChI=1S/C12H14N2O4S/c1-9-5-11(18-14-9)7-13-19(16,17)12-4-2-3-10(6-12)8-15/h2-6,13,15H,7-8H2,1H3. The van der Waals surface area contributed by atoms with Gasteiger partial charge in [-0.25, -0.2) is 13.1 Å². The first-order chi connectivity index (χ1) is 9.01. The van der Waals surface area contributed by atoms with Gasteiger partial charge in [-0.05, 0) is 24.6 Å². The molecule has 0 atom stereocenters. The maximum Gasteiger partial charge on any atom is 0.240 e. The topological polar surface area (TPSA) is 92.4 Å². The average Bonchev–Trinajstić information content (AvgIpc) is 2.82. The van der Waals surface area contributed by atoms with Crippen LogP contribution in [0.1, 0.15) is 17.0 Å². The molecule has 0 aliphatic carbocycles. The van der Waals surface area contributed by atoms with Crippen molar-refractivity contribution in [2.24, 2.45) is 0 Å². The molecule has 0 saturated carbocycles. The molecule has 0 spiro atoms. The van der Waals surface area contributed by atoms with Crippen LogP contribution in [0.25, 0.3) is 0 Å². The molecule has 1 aromatic heterocycles. The van der Waals surface area contributed by atoms with Gasteiger partial charge in [-0.3, -0.25) is 0 Å². The fourth-order valence-electron chi connectivity index (χ4n) is 1.56. The van der Waals surface area contributed by atoms with Crippen molar-refractivity contribution >= 4 is 10.0 Å². The Labute approximate surface area is 111 Å². The lowest BCUT2D eigenvalue weighted by Crippen LogP contribution is -2.23. The maximum absolute atomic E-state index is 12.0. The Kier molecular flexibility index (Phi) is 3.98. The largest absolute Gasteiger partial charge is 0.392 e. The number of sulfonamides is 1. The van der Waals surface area contributed by atoms with E-state index >= 15 is 0 Å². The highest BCUT2D eigenvalue weighted by molar-refractivity contribution is 7.89. The van der Waals surface area contributed by atoms with E-state index in [2.05, 4.69) is 9.88 Å². The summed E-state index contributed by atoms with van der Waals surface area (Å²) in [4.78, 5) is 0.107. The number of aromatic nitrogens is 1. The number of nitrogens with zero attached hydrogens (tertiary/aromatic N) is 1. The van der Waals surface area contributed by atoms with Crippen molar-refractivity contribution in [3.05, 3.63) is 47.3 Å². The Morgan fingerprint density at radius 2 is 2.16 bits per heavy atom. The quantitative estimate of drug-likeness (QED) is 0.852. The normalized spacial score (nSPS) is 11.7. The molecule has 2 N–H and O–H groups in total. The zero-order valence-corrected chi connectivity index (χ0v) is 11.1. The second kappa shape index (κ2) is 5.52. The van der Waals surface area contributed by atoms with E-state index in [1.165, 1.54) is 12.1 Å². The molecule has 0 fully saturated rings. The third-order valence-electron chi connectivity index (χ3n) is 2.50. The summed E-state index contributed by atoms with van der Waals surface area (Å²) in [5, 5.41) is 12.7. The van der Waals surface area contributed by atoms with E-state index in [1.807, 2.05) is 0 Å². The van der Waals surface area contributed by atoms with Crippen LogP contribution in [-0.4, -0.2) is 18.7 Å². The highest BCUT2D eigenvalue weighted by Crippen LogP contribution is 2.12. The van der Waals surface area contributed by atoms with Crippen LogP contribution in [-0.2, 0) is 23.2 Å². The van der Waals surface area contributed by atoms with Crippen LogP contribution in [0.3, 0.4) is 0 Å². The van der Waals surface area contributed by atoms with Crippen LogP contribution in [0.4, 0.5) is 0 Å². The summed E-state index contributed by atoms with van der Waals surface area (Å²) in [7, 11) is -3.63. The Bertz CT molecular complexity index is 664. The molecule has 0 unspecified atom stereocenters. The van der Waals surface area contributed by atoms with Gasteiger partial charge in [0, 0.05) is 6.07 Å². The van der Waals surface area contributed by atoms with E-state index in [9.17, 15) is 8.42 Å². The van der Waals surface area contributed by atoms with Gasteiger partial charge in [0.15, 0.2) is 5.76 Å². The summed E-state index contributed by atoms with van der Waals surface area (Å²) in [5.74, 6) is 0.444. The highest BCUT2D eigenvalue weighted by Gasteiger charge is 2.15. The molecule has 2 rings (SSSR count). The fourth-order valence-corrected chi connectivity index (χ4v) is 2.62. The van der Waals surface area contributed by atoms with E-state index in [-0.39, 0.29) is 18.0 Å². The fraction of sp³-hybridized carbons (Fsp3) is 0.250. The molecular formula is C12H14N2O4S. The van der Waals surface area contributed by atoms with Crippen LogP contribution in [0.2, 0.25) is 0 Å². The van der Waals surface area contributed by atoms with Crippen molar-refractivity contribution in [2.45, 2.75) is 25.0 Å². The van der Waals surface area contributed by atoms with E-state index < -0.39 is 10.0 Å². The molecule has 0 amide bonds. The number of hydrogen-bond donors (Lipinski definition) is 2. The van der Waals surface area contributed by atoms with Crippen LogP contribution in [0.5, 0.6) is 0 Å². The smallest absolute Gasteiger partial charge is 0.240 e. The first kappa shape index (κ1) is 13.7. The molecule has 0 saturated heterocycles. The van der Waals surface area contributed by atoms with Crippen molar-refractivity contribution in [1.29, 1.82) is 0 Å². The van der Waals surface area contributed by atoms with Crippen molar-refractivity contribution in [3.8, 4) is 0 Å². The molecular weight excluding hydrogens is 268 g/mol. The number of benzene rings is 1. The van der Waals surface area contributed by atoms with Gasteiger partial charge in [-0.2, -0.15) is 0 Å². The van der Waals surface area contributed by atoms with Gasteiger partial charge in [0.25, 0.3) is 0 Å². The van der Waals surface area contributed by atoms with Crippen molar-refractivity contribution in [1.82, 2.24) is 9.88 Å². The van der Waals surface area contributed by atoms with E-state index in [0.717, 1.165) is 0 Å². The summed E-state index contributed by atoms with van der Waals surface area (Å²) < 4.78 is 31.4. The summed E-state index contributed by atoms with van der Waals surface area (Å²) in [5.41, 5.74) is 1.23. The Balaban J connectivity index is 2.13. The lowest BCUT2D eigenvalue weighted by atomic mass is 10.2. The molecule has 0 radical (unpaired) electrons. The van der Waals surface area contributed by atoms with E-state index in [1.54, 1.807) is 25.1 Å². The lowest BCUT2D eigenvalue weighted by molar-refractivity contribution is 0.281. The minimum Gasteiger partial charge on any atom is -0.392 e. The molecule has 2 aromatic rings. The van der Waals surface area contributed by atoms with Gasteiger partial charge < -0.3 is 9.63 Å². The number of rotatable bonds is 5. The predicted octanol–water partition coefficient (Wildman–Crippen LogP) is 0.954. The third kappa shape index (κ3) is 3.40. The Morgan fingerprint density at radius 3 is 2.79 bits per heavy atom. The minimum atomic E-state index is -3.63.